The van der Waals surface area contributed by atoms with Crippen LogP contribution in [0.4, 0.5) is 13.2 Å². The van der Waals surface area contributed by atoms with Gasteiger partial charge < -0.3 is 55.0 Å². The molecule has 0 bridgehead atoms. The van der Waals surface area contributed by atoms with Crippen molar-refractivity contribution in [1.82, 2.24) is 55.1 Å². The highest BCUT2D eigenvalue weighted by atomic mass is 35.5. The maximum atomic E-state index is 15.0. The van der Waals surface area contributed by atoms with E-state index >= 15 is 0 Å². The monoisotopic (exact) mass is 1270 g/mol. The fourth-order valence-electron chi connectivity index (χ4n) is 10.8. The Hall–Kier alpha value is -7.41. The summed E-state index contributed by atoms with van der Waals surface area (Å²) in [5.41, 5.74) is 0.444. The molecule has 0 aromatic heterocycles. The van der Waals surface area contributed by atoms with Crippen LogP contribution < -0.4 is 16.0 Å². The molecule has 0 spiro atoms. The third kappa shape index (κ3) is 20.0. The van der Waals surface area contributed by atoms with Gasteiger partial charge in [0.15, 0.2) is 0 Å². The summed E-state index contributed by atoms with van der Waals surface area (Å²) in [6.07, 6.45) is -3.49. The van der Waals surface area contributed by atoms with Crippen LogP contribution in [0.1, 0.15) is 111 Å². The van der Waals surface area contributed by atoms with Gasteiger partial charge in [0.2, 0.25) is 53.2 Å². The van der Waals surface area contributed by atoms with Gasteiger partial charge in [-0.2, -0.15) is 13.2 Å². The molecule has 2 aliphatic rings. The van der Waals surface area contributed by atoms with Crippen LogP contribution in [0.3, 0.4) is 0 Å². The fourth-order valence-corrected chi connectivity index (χ4v) is 11.0. The lowest BCUT2D eigenvalue weighted by Crippen LogP contribution is -2.58. The molecule has 2 heterocycles. The lowest BCUT2D eigenvalue weighted by atomic mass is 9.97. The maximum Gasteiger partial charge on any atom is 0.416 e. The number of benzene rings is 2. The van der Waals surface area contributed by atoms with Crippen molar-refractivity contribution in [3.8, 4) is 0 Å². The van der Waals surface area contributed by atoms with Crippen molar-refractivity contribution in [2.75, 3.05) is 75.5 Å². The number of allylic oxidation sites excluding steroid dienone is 1. The van der Waals surface area contributed by atoms with Gasteiger partial charge in [-0.05, 0) is 126 Å². The van der Waals surface area contributed by atoms with Gasteiger partial charge in [-0.3, -0.25) is 52.8 Å². The summed E-state index contributed by atoms with van der Waals surface area (Å²) in [4.78, 5) is 167. The molecule has 2 aromatic rings. The van der Waals surface area contributed by atoms with E-state index < -0.39 is 138 Å². The number of carbonyl (C=O) groups excluding carboxylic acids is 11. The summed E-state index contributed by atoms with van der Waals surface area (Å²) in [5, 5.41) is 8.76. The van der Waals surface area contributed by atoms with Crippen LogP contribution in [0.5, 0.6) is 0 Å². The maximum absolute atomic E-state index is 15.0. The van der Waals surface area contributed by atoms with E-state index in [-0.39, 0.29) is 63.2 Å². The molecule has 492 valence electrons. The second-order valence-electron chi connectivity index (χ2n) is 24.4. The third-order valence-electron chi connectivity index (χ3n) is 16.8. The van der Waals surface area contributed by atoms with E-state index in [0.717, 1.165) is 31.7 Å². The van der Waals surface area contributed by atoms with Gasteiger partial charge in [0.05, 0.1) is 30.7 Å². The van der Waals surface area contributed by atoms with Crippen LogP contribution >= 0.6 is 11.6 Å². The van der Waals surface area contributed by atoms with Crippen molar-refractivity contribution in [2.24, 2.45) is 11.8 Å². The SMILES string of the molecule is CCC(C)C1NC(=O)[C@H](C)N(C)C(=O)C[C@@H](C)NC(=O)[C@H](CC(C)C)N(C)C(=O)C(=C(C)C)N(C)C(=O)[C@@H]2CCCN2C(=O)[C@H](CCc2ccc(C(F)(F)F)cc2)NC(=O)CN(C)C(=O)[C@H](Cc2ccc(Cl)cc2)N(C)CC(C=O)N(C)C(=O)CN(C)C1=O. The Balaban J connectivity index is 1.82. The third-order valence-corrected chi connectivity index (χ3v) is 17.0. The minimum Gasteiger partial charge on any atom is -0.351 e. The van der Waals surface area contributed by atoms with Gasteiger partial charge in [0.1, 0.15) is 42.2 Å². The number of aryl methyl sites for hydroxylation is 1. The van der Waals surface area contributed by atoms with Gasteiger partial charge in [-0.25, -0.2) is 0 Å². The molecule has 2 fully saturated rings. The van der Waals surface area contributed by atoms with E-state index in [1.807, 2.05) is 20.8 Å². The zero-order chi connectivity index (χ0) is 67.1. The highest BCUT2D eigenvalue weighted by Crippen LogP contribution is 2.30. The van der Waals surface area contributed by atoms with Crippen molar-refractivity contribution in [1.29, 1.82) is 0 Å². The summed E-state index contributed by atoms with van der Waals surface area (Å²) in [5.74, 6) is -7.24. The fraction of sp³-hybridized carbons (Fsp3) is 0.603. The van der Waals surface area contributed by atoms with E-state index in [2.05, 4.69) is 16.0 Å². The lowest BCUT2D eigenvalue weighted by Gasteiger charge is -2.35. The van der Waals surface area contributed by atoms with Crippen LogP contribution in [0.25, 0.3) is 0 Å². The lowest BCUT2D eigenvalue weighted by molar-refractivity contribution is -0.146. The molecule has 2 aromatic carbocycles. The second-order valence-corrected chi connectivity index (χ2v) is 24.8. The van der Waals surface area contributed by atoms with Crippen molar-refractivity contribution in [3.63, 3.8) is 0 Å². The Labute approximate surface area is 526 Å². The van der Waals surface area contributed by atoms with Crippen LogP contribution in [0.2, 0.25) is 5.02 Å². The summed E-state index contributed by atoms with van der Waals surface area (Å²) < 4.78 is 40.8. The minimum atomic E-state index is -4.62. The molecule has 3 N–H and O–H groups in total. The molecule has 9 atom stereocenters. The number of amides is 10. The molecular formula is C63H91ClF3N11O11. The van der Waals surface area contributed by atoms with Crippen molar-refractivity contribution in [2.45, 2.75) is 161 Å². The Morgan fingerprint density at radius 1 is 0.708 bits per heavy atom. The van der Waals surface area contributed by atoms with Crippen molar-refractivity contribution < 1.29 is 65.9 Å². The normalized spacial score (nSPS) is 24.9. The number of hydrogen-bond donors (Lipinski definition) is 3. The first-order valence-electron chi connectivity index (χ1n) is 30.0. The quantitative estimate of drug-likeness (QED) is 0.224. The second kappa shape index (κ2) is 32.9. The number of hydrogen-bond acceptors (Lipinski definition) is 12. The molecule has 3 unspecified atom stereocenters. The number of alkyl halides is 3. The largest absolute Gasteiger partial charge is 0.416 e. The topological polar surface area (TPSA) is 250 Å². The zero-order valence-electron chi connectivity index (χ0n) is 54.0. The van der Waals surface area contributed by atoms with Crippen LogP contribution in [-0.2, 0) is 71.8 Å². The molecule has 0 aliphatic carbocycles. The van der Waals surface area contributed by atoms with Gasteiger partial charge in [-0.15, -0.1) is 0 Å². The standard InChI is InChI=1S/C63H91ClF3N11O11/c1-16-39(6)54-61(88)73(11)35-53(82)75(13)46(36-79)33-71(9)50(32-43-21-26-45(64)27-22-43)59(86)72(10)34-51(80)69-47(28-23-42-19-24-44(25-20-42)63(65,66)67)58(85)78-29-17-18-48(78)60(87)77(15)55(38(4)5)62(89)76(14)49(30-37(2)3)57(84)68-40(7)31-52(81)74(12)41(8)56(83)70-54/h19-22,24-27,36-37,39-41,46-50,54H,16-18,23,28-35H2,1-15H3,(H,68,84)(H,69,80)(H,70,83)/t39?,40-,41+,46?,47+,48+,49+,50+,54?/m1/s1. The zero-order valence-corrected chi connectivity index (χ0v) is 54.8. The first-order valence-corrected chi connectivity index (χ1v) is 30.4. The average molecular weight is 1270 g/mol. The molecule has 89 heavy (non-hydrogen) atoms. The minimum absolute atomic E-state index is 0.0125. The molecular weight excluding hydrogens is 1180 g/mol. The van der Waals surface area contributed by atoms with E-state index in [4.69, 9.17) is 11.6 Å². The predicted octanol–water partition coefficient (Wildman–Crippen LogP) is 4.16. The number of nitrogens with zero attached hydrogens (tertiary/aromatic N) is 8. The molecule has 2 aliphatic heterocycles. The number of aldehydes is 1. The molecule has 4 rings (SSSR count). The predicted molar refractivity (Wildman–Crippen MR) is 329 cm³/mol. The molecule has 2 saturated heterocycles. The van der Waals surface area contributed by atoms with Crippen molar-refractivity contribution in [3.05, 3.63) is 81.5 Å². The van der Waals surface area contributed by atoms with Gasteiger partial charge >= 0.3 is 6.18 Å². The van der Waals surface area contributed by atoms with E-state index in [9.17, 15) is 65.9 Å². The summed E-state index contributed by atoms with van der Waals surface area (Å²) in [7, 11) is 9.84. The first-order chi connectivity index (χ1) is 41.5. The number of rotatable bonds is 10. The van der Waals surface area contributed by atoms with E-state index in [0.29, 0.717) is 40.9 Å². The Bertz CT molecular complexity index is 2910. The van der Waals surface area contributed by atoms with Crippen LogP contribution in [0.15, 0.2) is 59.8 Å². The molecule has 0 saturated carbocycles. The smallest absolute Gasteiger partial charge is 0.351 e. The first kappa shape index (κ1) is 74.1. The highest BCUT2D eigenvalue weighted by molar-refractivity contribution is 6.30. The molecule has 10 amide bonds. The summed E-state index contributed by atoms with van der Waals surface area (Å²) >= 11 is 6.22. The van der Waals surface area contributed by atoms with Crippen LogP contribution in [0, 0.1) is 11.8 Å². The number of nitrogens with one attached hydrogen (secondary N) is 3. The van der Waals surface area contributed by atoms with Gasteiger partial charge in [0, 0.05) is 72.9 Å². The molecule has 0 radical (unpaired) electrons. The number of halogens is 4. The highest BCUT2D eigenvalue weighted by Gasteiger charge is 2.43. The summed E-state index contributed by atoms with van der Waals surface area (Å²) in [6, 6.07) is 1.83. The van der Waals surface area contributed by atoms with Crippen LogP contribution in [-0.4, -0.2) is 228 Å². The van der Waals surface area contributed by atoms with Gasteiger partial charge in [-0.1, -0.05) is 70.0 Å². The molecule has 22 nitrogen and oxygen atoms in total. The number of likely N-dealkylation sites (N-methyl/N-ethyl adjacent to an activating group) is 7. The van der Waals surface area contributed by atoms with Gasteiger partial charge in [0.25, 0.3) is 5.91 Å². The van der Waals surface area contributed by atoms with Crippen molar-refractivity contribution >= 4 is 77.0 Å². The van der Waals surface area contributed by atoms with E-state index in [1.54, 1.807) is 59.0 Å². The molecule has 26 heteroatoms. The number of carbonyl (C=O) groups is 11. The van der Waals surface area contributed by atoms with E-state index in [1.165, 1.54) is 80.9 Å². The Morgan fingerprint density at radius 3 is 1.87 bits per heavy atom. The summed E-state index contributed by atoms with van der Waals surface area (Å²) in [6.45, 7) is 12.2. The Kier molecular flexibility index (Phi) is 27.4. The number of fused-ring (bicyclic) bond motifs is 1. The average Bonchev–Trinajstić information content (AvgIpc) is 4.25. The Morgan fingerprint density at radius 2 is 1.30 bits per heavy atom.